The van der Waals surface area contributed by atoms with E-state index < -0.39 is 24.0 Å². The lowest BCUT2D eigenvalue weighted by Crippen LogP contribution is -2.34. The Kier molecular flexibility index (Phi) is 16.3. The molecule has 7 nitrogen and oxygen atoms in total. The molecule has 0 heterocycles. The van der Waals surface area contributed by atoms with Gasteiger partial charge in [-0.25, -0.2) is 0 Å². The Balaban J connectivity index is 0. The van der Waals surface area contributed by atoms with Crippen molar-refractivity contribution in [1.29, 1.82) is 0 Å². The maximum Gasteiger partial charge on any atom is 0.323 e. The molecule has 0 aromatic heterocycles. The summed E-state index contributed by atoms with van der Waals surface area (Å²) >= 11 is 8.53. The predicted molar refractivity (Wildman–Crippen MR) is 77.7 cm³/mol. The minimum Gasteiger partial charge on any atom is -0.468 e. The van der Waals surface area contributed by atoms with Crippen LogP contribution in [0.2, 0.25) is 0 Å². The summed E-state index contributed by atoms with van der Waals surface area (Å²) < 4.78 is 12.1. The van der Waals surface area contributed by atoms with E-state index in [1.165, 1.54) is 35.8 Å². The highest BCUT2D eigenvalue weighted by Crippen LogP contribution is 2.22. The molecular formula is C8H16Cl2N2O5S2. The van der Waals surface area contributed by atoms with Gasteiger partial charge in [-0.15, -0.1) is 0 Å². The van der Waals surface area contributed by atoms with Crippen molar-refractivity contribution in [1.82, 2.24) is 0 Å². The average molecular weight is 355 g/mol. The summed E-state index contributed by atoms with van der Waals surface area (Å²) in [7, 11) is 5.30. The van der Waals surface area contributed by atoms with Crippen molar-refractivity contribution in [2.75, 3.05) is 25.7 Å². The van der Waals surface area contributed by atoms with Crippen LogP contribution in [0.3, 0.4) is 0 Å². The number of hydrogen-bond donors (Lipinski definition) is 2. The lowest BCUT2D eigenvalue weighted by molar-refractivity contribution is -0.142. The van der Waals surface area contributed by atoms with Gasteiger partial charge >= 0.3 is 11.9 Å². The molecule has 2 atom stereocenters. The summed E-state index contributed by atoms with van der Waals surface area (Å²) in [4.78, 5) is 21.9. The van der Waals surface area contributed by atoms with Gasteiger partial charge in [-0.2, -0.15) is 3.84 Å². The number of nitrogens with two attached hydrogens (primary N) is 2. The van der Waals surface area contributed by atoms with Crippen molar-refractivity contribution in [3.63, 3.8) is 0 Å². The van der Waals surface area contributed by atoms with E-state index in [2.05, 4.69) is 37.0 Å². The number of ether oxygens (including phenoxy) is 2. The third kappa shape index (κ3) is 12.9. The highest BCUT2D eigenvalue weighted by molar-refractivity contribution is 8.76. The molecule has 0 saturated carbocycles. The van der Waals surface area contributed by atoms with Crippen LogP contribution < -0.4 is 11.5 Å². The number of carbonyl (C=O) groups excluding carboxylic acids is 2. The van der Waals surface area contributed by atoms with Crippen molar-refractivity contribution in [2.24, 2.45) is 11.5 Å². The molecule has 0 aromatic rings. The lowest BCUT2D eigenvalue weighted by Gasteiger charge is -2.10. The molecule has 19 heavy (non-hydrogen) atoms. The second-order valence-electron chi connectivity index (χ2n) is 2.89. The first-order chi connectivity index (χ1) is 8.94. The van der Waals surface area contributed by atoms with Crippen molar-refractivity contribution in [3.8, 4) is 0 Å². The summed E-state index contributed by atoms with van der Waals surface area (Å²) in [5.74, 6) is -0.0908. The summed E-state index contributed by atoms with van der Waals surface area (Å²) in [6.45, 7) is 0. The van der Waals surface area contributed by atoms with Gasteiger partial charge in [0.25, 0.3) is 0 Å². The van der Waals surface area contributed by atoms with Gasteiger partial charge in [0.2, 0.25) is 0 Å². The fourth-order valence-corrected chi connectivity index (χ4v) is 2.90. The Morgan fingerprint density at radius 2 is 1.26 bits per heavy atom. The molecule has 0 bridgehead atoms. The van der Waals surface area contributed by atoms with Gasteiger partial charge in [0.05, 0.1) is 38.0 Å². The molecule has 0 radical (unpaired) electrons. The van der Waals surface area contributed by atoms with Gasteiger partial charge in [0, 0.05) is 11.5 Å². The fraction of sp³-hybridized carbons (Fsp3) is 0.750. The molecule has 11 heteroatoms. The second kappa shape index (κ2) is 14.5. The smallest absolute Gasteiger partial charge is 0.323 e. The molecule has 4 N–H and O–H groups in total. The second-order valence-corrected chi connectivity index (χ2v) is 5.91. The van der Waals surface area contributed by atoms with Crippen LogP contribution in [-0.4, -0.2) is 49.7 Å². The number of methoxy groups -OCH3 is 2. The van der Waals surface area contributed by atoms with Crippen molar-refractivity contribution in [3.05, 3.63) is 0 Å². The maximum atomic E-state index is 10.9. The monoisotopic (exact) mass is 354 g/mol. The van der Waals surface area contributed by atoms with E-state index >= 15 is 0 Å². The topological polar surface area (TPSA) is 114 Å². The van der Waals surface area contributed by atoms with E-state index in [0.717, 1.165) is 0 Å². The standard InChI is InChI=1S/C8H16N2O4S2.Cl2O/c1-13-7(11)5(9)3-15-16-4-6(10)8(12)14-2;1-3-2/h5-6H,3-4,9-10H2,1-2H3;/t5-,6-;/m0./s1. The van der Waals surface area contributed by atoms with Crippen LogP contribution in [0, 0.1) is 0 Å². The summed E-state index contributed by atoms with van der Waals surface area (Å²) in [5, 5.41) is 0. The Hall–Kier alpha value is 0.1000. The zero-order valence-corrected chi connectivity index (χ0v) is 13.5. The molecule has 0 rings (SSSR count). The first-order valence-corrected chi connectivity index (χ1v) is 7.85. The van der Waals surface area contributed by atoms with Crippen LogP contribution in [-0.2, 0) is 22.9 Å². The van der Waals surface area contributed by atoms with Crippen molar-refractivity contribution < 1.29 is 22.9 Å². The molecule has 0 aliphatic carbocycles. The number of halogens is 2. The number of carbonyl (C=O) groups is 2. The fourth-order valence-electron chi connectivity index (χ4n) is 0.682. The summed E-state index contributed by atoms with van der Waals surface area (Å²) in [6.07, 6.45) is 0. The van der Waals surface area contributed by atoms with Gasteiger partial charge in [-0.05, 0) is 0 Å². The molecule has 0 aliphatic rings. The van der Waals surface area contributed by atoms with Crippen LogP contribution in [0.15, 0.2) is 0 Å². The first-order valence-electron chi connectivity index (χ1n) is 4.75. The largest absolute Gasteiger partial charge is 0.468 e. The van der Waals surface area contributed by atoms with Gasteiger partial charge in [0.1, 0.15) is 12.1 Å². The van der Waals surface area contributed by atoms with E-state index in [0.29, 0.717) is 11.5 Å². The zero-order valence-electron chi connectivity index (χ0n) is 10.3. The van der Waals surface area contributed by atoms with Gasteiger partial charge < -0.3 is 20.9 Å². The lowest BCUT2D eigenvalue weighted by atomic mass is 10.4. The third-order valence-corrected chi connectivity index (χ3v) is 4.06. The van der Waals surface area contributed by atoms with Crippen LogP contribution in [0.1, 0.15) is 0 Å². The first kappa shape index (κ1) is 21.4. The number of esters is 2. The van der Waals surface area contributed by atoms with Crippen LogP contribution in [0.5, 0.6) is 0 Å². The number of hydrogen-bond acceptors (Lipinski definition) is 9. The number of rotatable bonds is 7. The van der Waals surface area contributed by atoms with Gasteiger partial charge in [0.15, 0.2) is 0 Å². The summed E-state index contributed by atoms with van der Waals surface area (Å²) in [6, 6.07) is -1.31. The van der Waals surface area contributed by atoms with Crippen molar-refractivity contribution >= 4 is 57.3 Å². The molecular weight excluding hydrogens is 339 g/mol. The van der Waals surface area contributed by atoms with Crippen LogP contribution in [0.25, 0.3) is 0 Å². The third-order valence-electron chi connectivity index (χ3n) is 1.59. The minimum absolute atomic E-state index is 0.408. The Morgan fingerprint density at radius 1 is 1.00 bits per heavy atom. The van der Waals surface area contributed by atoms with E-state index in [-0.39, 0.29) is 0 Å². The van der Waals surface area contributed by atoms with E-state index in [9.17, 15) is 9.59 Å². The van der Waals surface area contributed by atoms with Crippen molar-refractivity contribution in [2.45, 2.75) is 12.1 Å². The average Bonchev–Trinajstić information content (AvgIpc) is 2.41. The highest BCUT2D eigenvalue weighted by atomic mass is 35.6. The SMILES string of the molecule is COC(=O)[C@@H](N)CSSC[C@H](N)C(=O)OC.ClOCl. The highest BCUT2D eigenvalue weighted by Gasteiger charge is 2.16. The molecule has 0 aromatic carbocycles. The molecule has 0 amide bonds. The molecule has 0 unspecified atom stereocenters. The van der Waals surface area contributed by atoms with Crippen LogP contribution in [0.4, 0.5) is 0 Å². The van der Waals surface area contributed by atoms with Gasteiger partial charge in [-0.1, -0.05) is 21.6 Å². The molecule has 0 saturated heterocycles. The quantitative estimate of drug-likeness (QED) is 0.386. The van der Waals surface area contributed by atoms with E-state index in [4.69, 9.17) is 11.5 Å². The Bertz CT molecular complexity index is 239. The van der Waals surface area contributed by atoms with E-state index in [1.807, 2.05) is 0 Å². The molecule has 0 spiro atoms. The maximum absolute atomic E-state index is 10.9. The summed E-state index contributed by atoms with van der Waals surface area (Å²) in [5.41, 5.74) is 11.0. The Morgan fingerprint density at radius 3 is 1.47 bits per heavy atom. The molecule has 0 aliphatic heterocycles. The van der Waals surface area contributed by atoms with Gasteiger partial charge in [-0.3, -0.25) is 9.59 Å². The Labute approximate surface area is 129 Å². The van der Waals surface area contributed by atoms with Crippen LogP contribution >= 0.6 is 45.3 Å². The molecule has 114 valence electrons. The zero-order chi connectivity index (χ0) is 15.3. The van der Waals surface area contributed by atoms with E-state index in [1.54, 1.807) is 0 Å². The normalized spacial score (nSPS) is 12.7. The minimum atomic E-state index is -0.656. The molecule has 0 fully saturated rings. The predicted octanol–water partition coefficient (Wildman–Crippen LogP) is 0.679.